The van der Waals surface area contributed by atoms with E-state index in [1.807, 2.05) is 27.7 Å². The SMILES string of the molecule is CC(C)(C)CC(C)(C)CC(=O)[O-].CC(C)(C)CC(C)(C)CC(=O)[O-].[Pb+2]. The molecule has 0 bridgehead atoms. The Balaban J connectivity index is -0.000000372. The predicted molar refractivity (Wildman–Crippen MR) is 101 cm³/mol. The van der Waals surface area contributed by atoms with Crippen LogP contribution in [0.25, 0.3) is 0 Å². The molecule has 0 N–H and O–H groups in total. The summed E-state index contributed by atoms with van der Waals surface area (Å²) in [5.41, 5.74) is 0.0477. The number of hydrogen-bond donors (Lipinski definition) is 0. The fraction of sp³-hybridized carbons (Fsp3) is 0.900. The number of carboxylic acid groups (broad SMARTS) is 2. The molecule has 0 rings (SSSR count). The summed E-state index contributed by atoms with van der Waals surface area (Å²) in [6.45, 7) is 20.6. The zero-order valence-corrected chi connectivity index (χ0v) is 21.8. The van der Waals surface area contributed by atoms with Gasteiger partial charge in [-0.25, -0.2) is 0 Å². The van der Waals surface area contributed by atoms with Crippen molar-refractivity contribution in [2.45, 2.75) is 94.9 Å². The minimum atomic E-state index is -0.954. The second kappa shape index (κ2) is 10.9. The van der Waals surface area contributed by atoms with E-state index in [4.69, 9.17) is 0 Å². The molecule has 4 nitrogen and oxygen atoms in total. The van der Waals surface area contributed by atoms with Crippen molar-refractivity contribution in [1.29, 1.82) is 0 Å². The molecule has 0 amide bonds. The first-order valence-electron chi connectivity index (χ1n) is 8.64. The van der Waals surface area contributed by atoms with Crippen LogP contribution in [-0.4, -0.2) is 39.2 Å². The molecule has 0 saturated heterocycles. The number of carbonyl (C=O) groups excluding carboxylic acids is 2. The zero-order chi connectivity index (χ0) is 20.0. The Morgan fingerprint density at radius 2 is 0.800 bits per heavy atom. The minimum Gasteiger partial charge on any atom is -0.550 e. The topological polar surface area (TPSA) is 80.3 Å². The molecule has 0 aromatic carbocycles. The third-order valence-electron chi connectivity index (χ3n) is 3.26. The first-order valence-corrected chi connectivity index (χ1v) is 8.64. The maximum atomic E-state index is 10.4. The molecule has 146 valence electrons. The third kappa shape index (κ3) is 23.9. The van der Waals surface area contributed by atoms with Gasteiger partial charge in [0.2, 0.25) is 0 Å². The van der Waals surface area contributed by atoms with Gasteiger partial charge in [-0.05, 0) is 47.3 Å². The Morgan fingerprint density at radius 3 is 0.920 bits per heavy atom. The normalized spacial score (nSPS) is 12.6. The van der Waals surface area contributed by atoms with Crippen LogP contribution in [0.1, 0.15) is 94.9 Å². The summed E-state index contributed by atoms with van der Waals surface area (Å²) in [6, 6.07) is 0. The molecule has 0 heterocycles. The maximum Gasteiger partial charge on any atom is 2.00 e. The number of carbonyl (C=O) groups is 2. The Kier molecular flexibility index (Phi) is 12.9. The van der Waals surface area contributed by atoms with E-state index in [9.17, 15) is 19.8 Å². The monoisotopic (exact) mass is 550 g/mol. The van der Waals surface area contributed by atoms with Gasteiger partial charge in [0, 0.05) is 11.9 Å². The average Bonchev–Trinajstić information content (AvgIpc) is 2.02. The van der Waals surface area contributed by atoms with E-state index in [-0.39, 0.29) is 61.8 Å². The van der Waals surface area contributed by atoms with Crippen molar-refractivity contribution in [3.8, 4) is 0 Å². The molecule has 0 aromatic rings. The second-order valence-electron chi connectivity index (χ2n) is 10.9. The Labute approximate surface area is 175 Å². The van der Waals surface area contributed by atoms with E-state index in [1.165, 1.54) is 0 Å². The summed E-state index contributed by atoms with van der Waals surface area (Å²) in [5.74, 6) is -1.91. The van der Waals surface area contributed by atoms with Gasteiger partial charge in [0.25, 0.3) is 0 Å². The molecule has 0 unspecified atom stereocenters. The fourth-order valence-corrected chi connectivity index (χ4v) is 3.78. The third-order valence-corrected chi connectivity index (χ3v) is 3.26. The van der Waals surface area contributed by atoms with Crippen LogP contribution in [0.4, 0.5) is 0 Å². The van der Waals surface area contributed by atoms with E-state index < -0.39 is 11.9 Å². The van der Waals surface area contributed by atoms with Crippen LogP contribution in [0.2, 0.25) is 0 Å². The molecule has 0 spiro atoms. The average molecular weight is 550 g/mol. The van der Waals surface area contributed by atoms with Gasteiger partial charge < -0.3 is 19.8 Å². The van der Waals surface area contributed by atoms with E-state index in [2.05, 4.69) is 41.5 Å². The Hall–Kier alpha value is -0.138. The number of rotatable bonds is 6. The summed E-state index contributed by atoms with van der Waals surface area (Å²) < 4.78 is 0. The van der Waals surface area contributed by atoms with Crippen molar-refractivity contribution in [3.05, 3.63) is 0 Å². The van der Waals surface area contributed by atoms with E-state index >= 15 is 0 Å². The first-order chi connectivity index (χ1) is 10.2. The standard InChI is InChI=1S/2C10H20O2.Pb/c2*1-9(2,3)7-10(4,5)6-8(11)12;/h2*6-7H2,1-5H3,(H,11,12);/q;;+2/p-2. The molecule has 0 aliphatic heterocycles. The summed E-state index contributed by atoms with van der Waals surface area (Å²) in [4.78, 5) is 20.8. The van der Waals surface area contributed by atoms with Crippen molar-refractivity contribution < 1.29 is 19.8 Å². The molecule has 2 radical (unpaired) electrons. The van der Waals surface area contributed by atoms with Crippen molar-refractivity contribution >= 4 is 39.2 Å². The Bertz CT molecular complexity index is 372. The van der Waals surface area contributed by atoms with Crippen molar-refractivity contribution in [3.63, 3.8) is 0 Å². The van der Waals surface area contributed by atoms with Crippen molar-refractivity contribution in [2.75, 3.05) is 0 Å². The Morgan fingerprint density at radius 1 is 0.600 bits per heavy atom. The molecule has 0 fully saturated rings. The van der Waals surface area contributed by atoms with Gasteiger partial charge in [-0.3, -0.25) is 0 Å². The van der Waals surface area contributed by atoms with E-state index in [0.717, 1.165) is 12.8 Å². The van der Waals surface area contributed by atoms with Gasteiger partial charge in [-0.2, -0.15) is 0 Å². The summed E-state index contributed by atoms with van der Waals surface area (Å²) in [5, 5.41) is 20.8. The summed E-state index contributed by atoms with van der Waals surface area (Å²) >= 11 is 0. The summed E-state index contributed by atoms with van der Waals surface area (Å²) in [6.07, 6.45) is 2.08. The van der Waals surface area contributed by atoms with Crippen LogP contribution in [0.5, 0.6) is 0 Å². The molecule has 0 saturated carbocycles. The van der Waals surface area contributed by atoms with Crippen LogP contribution < -0.4 is 10.2 Å². The molecular formula is C20H38O4Pb. The van der Waals surface area contributed by atoms with Crippen LogP contribution in [-0.2, 0) is 9.59 Å². The van der Waals surface area contributed by atoms with E-state index in [0.29, 0.717) is 0 Å². The molecule has 5 heteroatoms. The number of aliphatic carboxylic acids is 2. The van der Waals surface area contributed by atoms with Crippen LogP contribution in [0.3, 0.4) is 0 Å². The predicted octanol–water partition coefficient (Wildman–Crippen LogP) is 2.80. The summed E-state index contributed by atoms with van der Waals surface area (Å²) in [7, 11) is 0. The van der Waals surface area contributed by atoms with Gasteiger partial charge in [-0.1, -0.05) is 69.2 Å². The maximum absolute atomic E-state index is 10.4. The quantitative estimate of drug-likeness (QED) is 0.478. The largest absolute Gasteiger partial charge is 2.00 e. The fourth-order valence-electron chi connectivity index (χ4n) is 3.78. The molecule has 0 aliphatic carbocycles. The van der Waals surface area contributed by atoms with Crippen molar-refractivity contribution in [2.24, 2.45) is 21.7 Å². The zero-order valence-electron chi connectivity index (χ0n) is 18.0. The van der Waals surface area contributed by atoms with Crippen LogP contribution in [0, 0.1) is 21.7 Å². The van der Waals surface area contributed by atoms with E-state index in [1.54, 1.807) is 0 Å². The van der Waals surface area contributed by atoms with Gasteiger partial charge in [-0.15, -0.1) is 0 Å². The smallest absolute Gasteiger partial charge is 0.550 e. The van der Waals surface area contributed by atoms with Gasteiger partial charge in [0.15, 0.2) is 0 Å². The van der Waals surface area contributed by atoms with Gasteiger partial charge in [0.1, 0.15) is 0 Å². The minimum absolute atomic E-state index is 0. The molecular weight excluding hydrogens is 511 g/mol. The van der Waals surface area contributed by atoms with Crippen LogP contribution in [0.15, 0.2) is 0 Å². The van der Waals surface area contributed by atoms with Crippen molar-refractivity contribution in [1.82, 2.24) is 0 Å². The molecule has 0 aliphatic rings. The van der Waals surface area contributed by atoms with Crippen LogP contribution >= 0.6 is 0 Å². The molecule has 0 atom stereocenters. The molecule has 0 aromatic heterocycles. The second-order valence-corrected chi connectivity index (χ2v) is 10.9. The first kappa shape index (κ1) is 29.6. The number of hydrogen-bond acceptors (Lipinski definition) is 4. The van der Waals surface area contributed by atoms with Gasteiger partial charge >= 0.3 is 27.3 Å². The van der Waals surface area contributed by atoms with Gasteiger partial charge in [0.05, 0.1) is 0 Å². The molecule has 25 heavy (non-hydrogen) atoms. The number of carboxylic acids is 2.